The number of nitrogens with zero attached hydrogens (tertiary/aromatic N) is 1. The minimum atomic E-state index is 0.604. The van der Waals surface area contributed by atoms with Gasteiger partial charge >= 0.3 is 0 Å². The number of hydrogen-bond donors (Lipinski definition) is 0. The first kappa shape index (κ1) is 10.6. The zero-order valence-corrected chi connectivity index (χ0v) is 8.88. The summed E-state index contributed by atoms with van der Waals surface area (Å²) in [6.07, 6.45) is 7.64. The van der Waals surface area contributed by atoms with Crippen molar-refractivity contribution in [1.29, 1.82) is 0 Å². The first-order valence-corrected chi connectivity index (χ1v) is 5.46. The summed E-state index contributed by atoms with van der Waals surface area (Å²) in [7, 11) is 1.75. The molecular weight excluding hydrogens is 162 g/mol. The van der Waals surface area contributed by atoms with Crippen LogP contribution in [0.3, 0.4) is 0 Å². The van der Waals surface area contributed by atoms with Crippen LogP contribution in [0.15, 0.2) is 4.99 Å². The predicted molar refractivity (Wildman–Crippen MR) is 56.2 cm³/mol. The van der Waals surface area contributed by atoms with E-state index >= 15 is 0 Å². The molecule has 0 bridgehead atoms. The molecule has 13 heavy (non-hydrogen) atoms. The van der Waals surface area contributed by atoms with Gasteiger partial charge in [-0.15, -0.1) is 0 Å². The molecule has 0 saturated carbocycles. The summed E-state index contributed by atoms with van der Waals surface area (Å²) in [5, 5.41) is 0. The van der Waals surface area contributed by atoms with E-state index in [9.17, 15) is 0 Å². The molecule has 0 aromatic carbocycles. The Hall–Kier alpha value is -0.530. The molecular formula is C11H21NO. The second kappa shape index (κ2) is 6.01. The van der Waals surface area contributed by atoms with Crippen molar-refractivity contribution in [3.05, 3.63) is 0 Å². The number of hydrogen-bond acceptors (Lipinski definition) is 2. The topological polar surface area (TPSA) is 21.6 Å². The van der Waals surface area contributed by atoms with E-state index < -0.39 is 0 Å². The number of rotatable bonds is 3. The minimum Gasteiger partial charge on any atom is -0.484 e. The van der Waals surface area contributed by atoms with Gasteiger partial charge in [-0.3, -0.25) is 4.99 Å². The average molecular weight is 183 g/mol. The molecule has 0 fully saturated rings. The van der Waals surface area contributed by atoms with E-state index in [0.29, 0.717) is 5.92 Å². The highest BCUT2D eigenvalue weighted by atomic mass is 16.5. The number of unbranched alkanes of at least 4 members (excludes halogenated alkanes) is 1. The van der Waals surface area contributed by atoms with Crippen LogP contribution in [-0.2, 0) is 4.74 Å². The van der Waals surface area contributed by atoms with Crippen molar-refractivity contribution < 1.29 is 4.74 Å². The van der Waals surface area contributed by atoms with Crippen molar-refractivity contribution in [3.8, 4) is 0 Å². The van der Waals surface area contributed by atoms with Crippen molar-refractivity contribution in [2.24, 2.45) is 10.9 Å². The Morgan fingerprint density at radius 3 is 3.00 bits per heavy atom. The van der Waals surface area contributed by atoms with Gasteiger partial charge in [0.25, 0.3) is 0 Å². The Labute approximate surface area is 81.4 Å². The minimum absolute atomic E-state index is 0.604. The van der Waals surface area contributed by atoms with Gasteiger partial charge < -0.3 is 4.74 Å². The van der Waals surface area contributed by atoms with E-state index in [1.807, 2.05) is 0 Å². The number of aliphatic imine (C=N–C) groups is 1. The molecule has 0 aromatic heterocycles. The lowest BCUT2D eigenvalue weighted by molar-refractivity contribution is 0.350. The van der Waals surface area contributed by atoms with E-state index in [4.69, 9.17) is 4.74 Å². The van der Waals surface area contributed by atoms with Crippen LogP contribution in [0.2, 0.25) is 0 Å². The fourth-order valence-electron chi connectivity index (χ4n) is 1.89. The lowest BCUT2D eigenvalue weighted by Gasteiger charge is -2.15. The highest BCUT2D eigenvalue weighted by Crippen LogP contribution is 2.21. The fourth-order valence-corrected chi connectivity index (χ4v) is 1.89. The van der Waals surface area contributed by atoms with Gasteiger partial charge in [0, 0.05) is 12.5 Å². The summed E-state index contributed by atoms with van der Waals surface area (Å²) >= 11 is 0. The van der Waals surface area contributed by atoms with Crippen LogP contribution in [0.5, 0.6) is 0 Å². The van der Waals surface area contributed by atoms with Crippen molar-refractivity contribution in [2.45, 2.75) is 45.4 Å². The third-order valence-electron chi connectivity index (χ3n) is 2.69. The SMILES string of the molecule is CCCCC1CCCCN=C1OC. The van der Waals surface area contributed by atoms with Crippen LogP contribution >= 0.6 is 0 Å². The first-order valence-electron chi connectivity index (χ1n) is 5.46. The summed E-state index contributed by atoms with van der Waals surface area (Å²) < 4.78 is 5.33. The van der Waals surface area contributed by atoms with Crippen LogP contribution in [0, 0.1) is 5.92 Å². The standard InChI is InChI=1S/C11H21NO/c1-3-4-7-10-8-5-6-9-12-11(10)13-2/h10H,3-9H2,1-2H3. The predicted octanol–water partition coefficient (Wildman–Crippen LogP) is 3.02. The van der Waals surface area contributed by atoms with Gasteiger partial charge in [-0.1, -0.05) is 26.2 Å². The normalized spacial score (nSPS) is 23.5. The third-order valence-corrected chi connectivity index (χ3v) is 2.69. The molecule has 0 aromatic rings. The van der Waals surface area contributed by atoms with Crippen LogP contribution in [0.4, 0.5) is 0 Å². The maximum absolute atomic E-state index is 5.33. The molecule has 1 rings (SSSR count). The molecule has 0 aliphatic carbocycles. The molecule has 0 radical (unpaired) electrons. The molecule has 76 valence electrons. The van der Waals surface area contributed by atoms with E-state index in [0.717, 1.165) is 12.4 Å². The largest absolute Gasteiger partial charge is 0.484 e. The molecule has 1 aliphatic rings. The lowest BCUT2D eigenvalue weighted by Crippen LogP contribution is -2.15. The molecule has 1 aliphatic heterocycles. The van der Waals surface area contributed by atoms with Crippen LogP contribution in [0.1, 0.15) is 45.4 Å². The molecule has 1 heterocycles. The van der Waals surface area contributed by atoms with Crippen LogP contribution in [-0.4, -0.2) is 19.6 Å². The lowest BCUT2D eigenvalue weighted by atomic mass is 9.96. The monoisotopic (exact) mass is 183 g/mol. The van der Waals surface area contributed by atoms with Crippen LogP contribution < -0.4 is 0 Å². The Morgan fingerprint density at radius 1 is 1.46 bits per heavy atom. The Bertz CT molecular complexity index is 165. The third kappa shape index (κ3) is 3.37. The highest BCUT2D eigenvalue weighted by molar-refractivity contribution is 5.78. The summed E-state index contributed by atoms with van der Waals surface area (Å²) in [4.78, 5) is 4.47. The summed E-state index contributed by atoms with van der Waals surface area (Å²) in [6.45, 7) is 3.20. The van der Waals surface area contributed by atoms with Gasteiger partial charge in [0.05, 0.1) is 7.11 Å². The van der Waals surface area contributed by atoms with Gasteiger partial charge in [0.15, 0.2) is 5.90 Å². The van der Waals surface area contributed by atoms with E-state index in [-0.39, 0.29) is 0 Å². The van der Waals surface area contributed by atoms with Gasteiger partial charge in [0.1, 0.15) is 0 Å². The maximum Gasteiger partial charge on any atom is 0.186 e. The molecule has 0 N–H and O–H groups in total. The fraction of sp³-hybridized carbons (Fsp3) is 0.909. The molecule has 0 saturated heterocycles. The van der Waals surface area contributed by atoms with Crippen LogP contribution in [0.25, 0.3) is 0 Å². The zero-order chi connectivity index (χ0) is 9.52. The van der Waals surface area contributed by atoms with Gasteiger partial charge in [-0.05, 0) is 19.3 Å². The van der Waals surface area contributed by atoms with Gasteiger partial charge in [-0.25, -0.2) is 0 Å². The molecule has 0 amide bonds. The molecule has 1 atom stereocenters. The summed E-state index contributed by atoms with van der Waals surface area (Å²) in [5.41, 5.74) is 0. The second-order valence-electron chi connectivity index (χ2n) is 3.76. The van der Waals surface area contributed by atoms with Crippen molar-refractivity contribution in [3.63, 3.8) is 0 Å². The maximum atomic E-state index is 5.33. The molecule has 1 unspecified atom stereocenters. The molecule has 2 heteroatoms. The summed E-state index contributed by atoms with van der Waals surface area (Å²) in [6, 6.07) is 0. The van der Waals surface area contributed by atoms with Crippen molar-refractivity contribution >= 4 is 5.90 Å². The van der Waals surface area contributed by atoms with Crippen molar-refractivity contribution in [2.75, 3.05) is 13.7 Å². The van der Waals surface area contributed by atoms with E-state index in [2.05, 4.69) is 11.9 Å². The first-order chi connectivity index (χ1) is 6.38. The van der Waals surface area contributed by atoms with Gasteiger partial charge in [-0.2, -0.15) is 0 Å². The molecule has 0 spiro atoms. The van der Waals surface area contributed by atoms with E-state index in [1.54, 1.807) is 7.11 Å². The average Bonchev–Trinajstić information content (AvgIpc) is 2.39. The van der Waals surface area contributed by atoms with E-state index in [1.165, 1.54) is 38.5 Å². The summed E-state index contributed by atoms with van der Waals surface area (Å²) in [5.74, 6) is 1.61. The Balaban J connectivity index is 2.45. The Morgan fingerprint density at radius 2 is 2.31 bits per heavy atom. The molecule has 2 nitrogen and oxygen atoms in total. The second-order valence-corrected chi connectivity index (χ2v) is 3.76. The zero-order valence-electron chi connectivity index (χ0n) is 8.88. The smallest absolute Gasteiger partial charge is 0.186 e. The number of methoxy groups -OCH3 is 1. The number of ether oxygens (including phenoxy) is 1. The van der Waals surface area contributed by atoms with Gasteiger partial charge in [0.2, 0.25) is 0 Å². The Kier molecular flexibility index (Phi) is 4.87. The van der Waals surface area contributed by atoms with Crippen molar-refractivity contribution in [1.82, 2.24) is 0 Å². The highest BCUT2D eigenvalue weighted by Gasteiger charge is 2.17. The quantitative estimate of drug-likeness (QED) is 0.659.